The van der Waals surface area contributed by atoms with E-state index in [4.69, 9.17) is 16.2 Å². The lowest BCUT2D eigenvalue weighted by Crippen LogP contribution is -2.37. The number of ether oxygens (including phenoxy) is 1. The number of nitrogens with zero attached hydrogens (tertiary/aromatic N) is 1. The van der Waals surface area contributed by atoms with Gasteiger partial charge in [0, 0.05) is 11.4 Å². The second kappa shape index (κ2) is 9.77. The molecule has 1 heterocycles. The number of aromatic amines is 2. The minimum Gasteiger partial charge on any atom is -0.400 e. The van der Waals surface area contributed by atoms with Gasteiger partial charge in [0.25, 0.3) is 0 Å². The van der Waals surface area contributed by atoms with Gasteiger partial charge in [0.2, 0.25) is 5.91 Å². The van der Waals surface area contributed by atoms with Crippen molar-refractivity contribution >= 4 is 11.6 Å². The van der Waals surface area contributed by atoms with E-state index in [-0.39, 0.29) is 42.1 Å². The number of carbonyl (C=O) groups is 1. The van der Waals surface area contributed by atoms with E-state index in [0.29, 0.717) is 17.7 Å². The summed E-state index contributed by atoms with van der Waals surface area (Å²) in [4.78, 5) is 25.5. The first kappa shape index (κ1) is 23.2. The summed E-state index contributed by atoms with van der Waals surface area (Å²) in [6, 6.07) is 3.53. The predicted octanol–water partition coefficient (Wildman–Crippen LogP) is 1.27. The summed E-state index contributed by atoms with van der Waals surface area (Å²) in [6.07, 6.45) is 1.47. The van der Waals surface area contributed by atoms with Gasteiger partial charge in [-0.1, -0.05) is 19.9 Å². The van der Waals surface area contributed by atoms with Crippen molar-refractivity contribution in [2.24, 2.45) is 23.3 Å². The topological polar surface area (TPSA) is 152 Å². The molecule has 3 atom stereocenters. The summed E-state index contributed by atoms with van der Waals surface area (Å²) in [5.41, 5.74) is 12.4. The van der Waals surface area contributed by atoms with Crippen molar-refractivity contribution in [2.45, 2.75) is 32.9 Å². The smallest absolute Gasteiger partial charge is 0.340 e. The number of nitrogens with two attached hydrogens (primary N) is 2. The fourth-order valence-corrected chi connectivity index (χ4v) is 3.61. The van der Waals surface area contributed by atoms with E-state index in [1.54, 1.807) is 0 Å². The van der Waals surface area contributed by atoms with Crippen LogP contribution in [0.25, 0.3) is 5.70 Å². The van der Waals surface area contributed by atoms with Crippen molar-refractivity contribution < 1.29 is 18.3 Å². The number of benzene rings is 1. The van der Waals surface area contributed by atoms with E-state index in [2.05, 4.69) is 20.5 Å². The van der Waals surface area contributed by atoms with Crippen LogP contribution in [0.4, 0.5) is 8.78 Å². The second-order valence-corrected chi connectivity index (χ2v) is 7.81. The molecule has 9 nitrogen and oxygen atoms in total. The summed E-state index contributed by atoms with van der Waals surface area (Å²) in [5, 5.41) is 8.47. The highest BCUT2D eigenvalue weighted by molar-refractivity contribution is 5.77. The Hall–Kier alpha value is -3.47. The standard InChI is InChI=1S/C21H26F2N6O3/c1-10-6-16(32-9-18(30)26-8-17-27-21(31)29-28-17)20(25)12(11(10)2)7-15(24)19-13(22)4-3-5-14(19)23/h3-5,7,10-11,16H,6,8-9,24-25H2,1-2H3,(H,26,30)(H2,27,28,29,31)/b15-7-. The molecule has 3 rings (SSSR count). The molecule has 0 aliphatic heterocycles. The Morgan fingerprint density at radius 2 is 2.03 bits per heavy atom. The van der Waals surface area contributed by atoms with E-state index in [1.807, 2.05) is 13.8 Å². The van der Waals surface area contributed by atoms with Crippen molar-refractivity contribution in [3.63, 3.8) is 0 Å². The van der Waals surface area contributed by atoms with Crippen LogP contribution in [-0.2, 0) is 16.1 Å². The molecule has 7 N–H and O–H groups in total. The van der Waals surface area contributed by atoms with E-state index in [0.717, 1.165) is 12.1 Å². The van der Waals surface area contributed by atoms with E-state index in [9.17, 15) is 18.4 Å². The normalized spacial score (nSPS) is 21.6. The number of aromatic nitrogens is 3. The average molecular weight is 448 g/mol. The summed E-state index contributed by atoms with van der Waals surface area (Å²) in [5.74, 6) is -1.58. The molecule has 0 radical (unpaired) electrons. The Bertz CT molecular complexity index is 1090. The SMILES string of the molecule is CC1CC(OCC(=O)NCc2n[nH]c(=O)[nH]2)C(N)=C(/C=C(\N)c2c(F)cccc2F)C1C. The Labute approximate surface area is 182 Å². The summed E-state index contributed by atoms with van der Waals surface area (Å²) in [7, 11) is 0. The Morgan fingerprint density at radius 1 is 1.34 bits per heavy atom. The molecule has 1 aliphatic carbocycles. The van der Waals surface area contributed by atoms with Crippen LogP contribution in [0, 0.1) is 23.5 Å². The molecule has 1 amide bonds. The van der Waals surface area contributed by atoms with Gasteiger partial charge < -0.3 is 21.5 Å². The third kappa shape index (κ3) is 5.22. The molecule has 1 aliphatic rings. The van der Waals surface area contributed by atoms with E-state index < -0.39 is 29.3 Å². The maximum absolute atomic E-state index is 14.1. The molecular formula is C21H26F2N6O3. The maximum Gasteiger partial charge on any atom is 0.340 e. The number of halogens is 2. The molecule has 0 fully saturated rings. The third-order valence-electron chi connectivity index (χ3n) is 5.59. The van der Waals surface area contributed by atoms with Gasteiger partial charge in [-0.3, -0.25) is 9.78 Å². The monoisotopic (exact) mass is 448 g/mol. The first-order valence-corrected chi connectivity index (χ1v) is 10.1. The number of H-pyrrole nitrogens is 2. The van der Waals surface area contributed by atoms with E-state index in [1.165, 1.54) is 12.1 Å². The van der Waals surface area contributed by atoms with Crippen LogP contribution in [0.1, 0.15) is 31.7 Å². The molecule has 172 valence electrons. The van der Waals surface area contributed by atoms with Gasteiger partial charge in [-0.05, 0) is 42.0 Å². The number of amides is 1. The van der Waals surface area contributed by atoms with Crippen LogP contribution in [0.3, 0.4) is 0 Å². The van der Waals surface area contributed by atoms with Crippen LogP contribution < -0.4 is 22.5 Å². The maximum atomic E-state index is 14.1. The third-order valence-corrected chi connectivity index (χ3v) is 5.59. The van der Waals surface area contributed by atoms with Gasteiger partial charge in [-0.2, -0.15) is 5.10 Å². The van der Waals surface area contributed by atoms with Crippen LogP contribution in [0.5, 0.6) is 0 Å². The second-order valence-electron chi connectivity index (χ2n) is 7.81. The van der Waals surface area contributed by atoms with Gasteiger partial charge in [0.1, 0.15) is 24.1 Å². The largest absolute Gasteiger partial charge is 0.400 e. The molecule has 2 aromatic rings. The van der Waals surface area contributed by atoms with Crippen molar-refractivity contribution in [1.29, 1.82) is 0 Å². The summed E-state index contributed by atoms with van der Waals surface area (Å²) < 4.78 is 33.9. The van der Waals surface area contributed by atoms with Crippen LogP contribution in [-0.4, -0.2) is 33.8 Å². The van der Waals surface area contributed by atoms with Gasteiger partial charge in [-0.25, -0.2) is 18.7 Å². The fraction of sp³-hybridized carbons (Fsp3) is 0.381. The molecule has 0 saturated heterocycles. The highest BCUT2D eigenvalue weighted by Crippen LogP contribution is 2.36. The zero-order chi connectivity index (χ0) is 23.4. The predicted molar refractivity (Wildman–Crippen MR) is 113 cm³/mol. The van der Waals surface area contributed by atoms with Crippen LogP contribution >= 0.6 is 0 Å². The quantitative estimate of drug-likeness (QED) is 0.430. The van der Waals surface area contributed by atoms with Crippen molar-refractivity contribution in [3.8, 4) is 0 Å². The Kier molecular flexibility index (Phi) is 7.08. The summed E-state index contributed by atoms with van der Waals surface area (Å²) >= 11 is 0. The van der Waals surface area contributed by atoms with Crippen molar-refractivity contribution in [2.75, 3.05) is 6.61 Å². The van der Waals surface area contributed by atoms with Crippen molar-refractivity contribution in [3.05, 3.63) is 69.1 Å². The molecule has 11 heteroatoms. The van der Waals surface area contributed by atoms with E-state index >= 15 is 0 Å². The van der Waals surface area contributed by atoms with Gasteiger partial charge in [0.05, 0.1) is 18.2 Å². The molecular weight excluding hydrogens is 422 g/mol. The number of nitrogens with one attached hydrogen (secondary N) is 3. The van der Waals surface area contributed by atoms with Gasteiger partial charge in [-0.15, -0.1) is 0 Å². The highest BCUT2D eigenvalue weighted by atomic mass is 19.1. The lowest BCUT2D eigenvalue weighted by Gasteiger charge is -2.34. The molecule has 0 bridgehead atoms. The lowest BCUT2D eigenvalue weighted by molar-refractivity contribution is -0.127. The van der Waals surface area contributed by atoms with Crippen LogP contribution in [0.2, 0.25) is 0 Å². The average Bonchev–Trinajstić information content (AvgIpc) is 3.16. The number of rotatable bonds is 7. The molecule has 0 saturated carbocycles. The number of carbonyl (C=O) groups excluding carboxylic acids is 1. The molecule has 3 unspecified atom stereocenters. The first-order valence-electron chi connectivity index (χ1n) is 10.1. The molecule has 32 heavy (non-hydrogen) atoms. The van der Waals surface area contributed by atoms with Gasteiger partial charge >= 0.3 is 5.69 Å². The molecule has 0 spiro atoms. The summed E-state index contributed by atoms with van der Waals surface area (Å²) in [6.45, 7) is 3.70. The molecule has 1 aromatic heterocycles. The Balaban J connectivity index is 1.73. The minimum absolute atomic E-state index is 0.0308. The number of hydrogen-bond acceptors (Lipinski definition) is 6. The van der Waals surface area contributed by atoms with Crippen molar-refractivity contribution in [1.82, 2.24) is 20.5 Å². The van der Waals surface area contributed by atoms with Gasteiger partial charge in [0.15, 0.2) is 0 Å². The van der Waals surface area contributed by atoms with Crippen LogP contribution in [0.15, 0.2) is 40.3 Å². The number of hydrogen-bond donors (Lipinski definition) is 5. The Morgan fingerprint density at radius 3 is 2.66 bits per heavy atom. The zero-order valence-electron chi connectivity index (χ0n) is 17.7. The minimum atomic E-state index is -0.767. The fourth-order valence-electron chi connectivity index (χ4n) is 3.61. The molecule has 1 aromatic carbocycles. The highest BCUT2D eigenvalue weighted by Gasteiger charge is 2.31. The first-order chi connectivity index (χ1) is 15.2. The number of allylic oxidation sites excluding steroid dienone is 2. The zero-order valence-corrected chi connectivity index (χ0v) is 17.7. The lowest BCUT2D eigenvalue weighted by atomic mass is 9.77.